The summed E-state index contributed by atoms with van der Waals surface area (Å²) in [5.74, 6) is -1.42. The number of fused-ring (bicyclic) bond motifs is 1. The highest BCUT2D eigenvalue weighted by Gasteiger charge is 2.16. The number of rotatable bonds is 6. The van der Waals surface area contributed by atoms with Gasteiger partial charge in [-0.3, -0.25) is 14.0 Å². The van der Waals surface area contributed by atoms with Gasteiger partial charge >= 0.3 is 11.7 Å². The highest BCUT2D eigenvalue weighted by Crippen LogP contribution is 1.98. The van der Waals surface area contributed by atoms with Gasteiger partial charge in [0.25, 0.3) is 0 Å². The fourth-order valence-electron chi connectivity index (χ4n) is 1.99. The number of pyridine rings is 1. The van der Waals surface area contributed by atoms with Crippen molar-refractivity contribution in [2.75, 3.05) is 0 Å². The summed E-state index contributed by atoms with van der Waals surface area (Å²) in [5.41, 5.74) is 0.0416. The lowest BCUT2D eigenvalue weighted by Crippen LogP contribution is -2.39. The molecule has 0 saturated heterocycles. The minimum Gasteiger partial charge on any atom is -0.481 e. The maximum Gasteiger partial charge on any atom is 0.350 e. The van der Waals surface area contributed by atoms with Gasteiger partial charge in [0, 0.05) is 12.2 Å². The van der Waals surface area contributed by atoms with E-state index in [1.54, 1.807) is 31.3 Å². The van der Waals surface area contributed by atoms with Crippen molar-refractivity contribution < 1.29 is 14.7 Å². The molecule has 0 radical (unpaired) electrons. The van der Waals surface area contributed by atoms with Gasteiger partial charge in [0.05, 0.1) is 6.42 Å². The standard InChI is InChI=1S/C13H16N4O4/c1-2-9(7-12(19)20)14-11(18)8-17-13(21)16-6-4-3-5-10(16)15-17/h3-6,9H,2,7-8H2,1H3,(H,14,18)(H,19,20). The minimum absolute atomic E-state index is 0.150. The third-order valence-electron chi connectivity index (χ3n) is 3.06. The summed E-state index contributed by atoms with van der Waals surface area (Å²) >= 11 is 0. The summed E-state index contributed by atoms with van der Waals surface area (Å²) < 4.78 is 2.39. The van der Waals surface area contributed by atoms with Gasteiger partial charge in [-0.15, -0.1) is 5.10 Å². The topological polar surface area (TPSA) is 106 Å². The van der Waals surface area contributed by atoms with Crippen molar-refractivity contribution in [1.29, 1.82) is 0 Å². The molecule has 0 spiro atoms. The van der Waals surface area contributed by atoms with Crippen molar-refractivity contribution in [3.8, 4) is 0 Å². The lowest BCUT2D eigenvalue weighted by atomic mass is 10.1. The molecule has 21 heavy (non-hydrogen) atoms. The average Bonchev–Trinajstić information content (AvgIpc) is 2.74. The monoisotopic (exact) mass is 292 g/mol. The van der Waals surface area contributed by atoms with Gasteiger partial charge in [-0.2, -0.15) is 0 Å². The molecule has 1 amide bonds. The largest absolute Gasteiger partial charge is 0.481 e. The predicted octanol–water partition coefficient (Wildman–Crippen LogP) is -0.135. The van der Waals surface area contributed by atoms with E-state index in [2.05, 4.69) is 10.4 Å². The second-order valence-corrected chi connectivity index (χ2v) is 4.64. The average molecular weight is 292 g/mol. The molecule has 2 rings (SSSR count). The summed E-state index contributed by atoms with van der Waals surface area (Å²) in [7, 11) is 0. The number of aliphatic carboxylic acids is 1. The molecular weight excluding hydrogens is 276 g/mol. The van der Waals surface area contributed by atoms with Crippen LogP contribution in [0.15, 0.2) is 29.2 Å². The first kappa shape index (κ1) is 14.8. The predicted molar refractivity (Wildman–Crippen MR) is 73.9 cm³/mol. The molecule has 2 aromatic rings. The van der Waals surface area contributed by atoms with E-state index >= 15 is 0 Å². The first-order valence-electron chi connectivity index (χ1n) is 6.56. The third kappa shape index (κ3) is 3.47. The SMILES string of the molecule is CCC(CC(=O)O)NC(=O)Cn1nc2ccccn2c1=O. The molecule has 0 aliphatic rings. The molecule has 2 heterocycles. The van der Waals surface area contributed by atoms with Crippen LogP contribution in [0.4, 0.5) is 0 Å². The molecule has 0 aliphatic heterocycles. The summed E-state index contributed by atoms with van der Waals surface area (Å²) in [6.45, 7) is 1.54. The van der Waals surface area contributed by atoms with Gasteiger partial charge in [0.1, 0.15) is 6.54 Å². The van der Waals surface area contributed by atoms with Crippen LogP contribution in [-0.2, 0) is 16.1 Å². The molecule has 112 valence electrons. The Morgan fingerprint density at radius 3 is 2.81 bits per heavy atom. The van der Waals surface area contributed by atoms with E-state index < -0.39 is 23.6 Å². The number of carbonyl (C=O) groups excluding carboxylic acids is 1. The Labute approximate surface area is 120 Å². The van der Waals surface area contributed by atoms with E-state index in [9.17, 15) is 14.4 Å². The van der Waals surface area contributed by atoms with E-state index in [1.165, 1.54) is 4.40 Å². The maximum absolute atomic E-state index is 12.0. The molecule has 2 N–H and O–H groups in total. The fraction of sp³-hybridized carbons (Fsp3) is 0.385. The molecule has 0 aliphatic carbocycles. The number of amides is 1. The van der Waals surface area contributed by atoms with Gasteiger partial charge in [-0.05, 0) is 18.6 Å². The highest BCUT2D eigenvalue weighted by atomic mass is 16.4. The lowest BCUT2D eigenvalue weighted by Gasteiger charge is -2.14. The zero-order chi connectivity index (χ0) is 15.4. The second-order valence-electron chi connectivity index (χ2n) is 4.64. The number of carboxylic acids is 1. The smallest absolute Gasteiger partial charge is 0.350 e. The Morgan fingerprint density at radius 2 is 2.19 bits per heavy atom. The molecule has 0 saturated carbocycles. The van der Waals surface area contributed by atoms with Gasteiger partial charge in [-0.25, -0.2) is 9.48 Å². The van der Waals surface area contributed by atoms with Gasteiger partial charge in [0.2, 0.25) is 5.91 Å². The number of carboxylic acid groups (broad SMARTS) is 1. The summed E-state index contributed by atoms with van der Waals surface area (Å²) in [4.78, 5) is 34.5. The van der Waals surface area contributed by atoms with Crippen LogP contribution < -0.4 is 11.0 Å². The molecule has 8 nitrogen and oxygen atoms in total. The van der Waals surface area contributed by atoms with Crippen LogP contribution in [0.5, 0.6) is 0 Å². The fourth-order valence-corrected chi connectivity index (χ4v) is 1.99. The number of aromatic nitrogens is 3. The van der Waals surface area contributed by atoms with Gasteiger partial charge < -0.3 is 10.4 Å². The third-order valence-corrected chi connectivity index (χ3v) is 3.06. The Morgan fingerprint density at radius 1 is 1.43 bits per heavy atom. The van der Waals surface area contributed by atoms with Crippen molar-refractivity contribution in [3.05, 3.63) is 34.9 Å². The molecule has 0 bridgehead atoms. The molecule has 2 aromatic heterocycles. The van der Waals surface area contributed by atoms with E-state index in [0.717, 1.165) is 4.68 Å². The van der Waals surface area contributed by atoms with Gasteiger partial charge in [-0.1, -0.05) is 13.0 Å². The van der Waals surface area contributed by atoms with Crippen molar-refractivity contribution in [2.24, 2.45) is 0 Å². The molecular formula is C13H16N4O4. The normalized spacial score (nSPS) is 12.2. The first-order chi connectivity index (χ1) is 10.0. The van der Waals surface area contributed by atoms with E-state index in [0.29, 0.717) is 12.1 Å². The van der Waals surface area contributed by atoms with Crippen LogP contribution in [0.25, 0.3) is 5.65 Å². The number of hydrogen-bond donors (Lipinski definition) is 2. The quantitative estimate of drug-likeness (QED) is 0.771. The van der Waals surface area contributed by atoms with Crippen LogP contribution in [-0.4, -0.2) is 37.2 Å². The first-order valence-corrected chi connectivity index (χ1v) is 6.56. The second kappa shape index (κ2) is 6.21. The van der Waals surface area contributed by atoms with Crippen molar-refractivity contribution >= 4 is 17.5 Å². The zero-order valence-corrected chi connectivity index (χ0v) is 11.5. The Hall–Kier alpha value is -2.64. The van der Waals surface area contributed by atoms with Crippen molar-refractivity contribution in [1.82, 2.24) is 19.5 Å². The van der Waals surface area contributed by atoms with Gasteiger partial charge in [0.15, 0.2) is 5.65 Å². The Kier molecular flexibility index (Phi) is 4.36. The van der Waals surface area contributed by atoms with Crippen LogP contribution in [0.1, 0.15) is 19.8 Å². The summed E-state index contributed by atoms with van der Waals surface area (Å²) in [6, 6.07) is 4.64. The Balaban J connectivity index is 2.09. The van der Waals surface area contributed by atoms with E-state index in [1.807, 2.05) is 0 Å². The van der Waals surface area contributed by atoms with E-state index in [-0.39, 0.29) is 13.0 Å². The summed E-state index contributed by atoms with van der Waals surface area (Å²) in [5, 5.41) is 15.4. The molecule has 8 heteroatoms. The molecule has 0 aromatic carbocycles. The van der Waals surface area contributed by atoms with Crippen LogP contribution >= 0.6 is 0 Å². The molecule has 1 atom stereocenters. The lowest BCUT2D eigenvalue weighted by molar-refractivity contribution is -0.137. The Bertz CT molecular complexity index is 718. The van der Waals surface area contributed by atoms with Crippen molar-refractivity contribution in [3.63, 3.8) is 0 Å². The number of carbonyl (C=O) groups is 2. The van der Waals surface area contributed by atoms with E-state index in [4.69, 9.17) is 5.11 Å². The maximum atomic E-state index is 12.0. The van der Waals surface area contributed by atoms with Crippen LogP contribution in [0.2, 0.25) is 0 Å². The summed E-state index contributed by atoms with van der Waals surface area (Å²) in [6.07, 6.45) is 1.92. The highest BCUT2D eigenvalue weighted by molar-refractivity contribution is 5.77. The van der Waals surface area contributed by atoms with Crippen LogP contribution in [0, 0.1) is 0 Å². The minimum atomic E-state index is -0.980. The van der Waals surface area contributed by atoms with Crippen LogP contribution in [0.3, 0.4) is 0 Å². The zero-order valence-electron chi connectivity index (χ0n) is 11.5. The molecule has 1 unspecified atom stereocenters. The molecule has 0 fully saturated rings. The number of nitrogens with one attached hydrogen (secondary N) is 1. The van der Waals surface area contributed by atoms with Crippen molar-refractivity contribution in [2.45, 2.75) is 32.4 Å². The number of nitrogens with zero attached hydrogens (tertiary/aromatic N) is 3. The number of hydrogen-bond acceptors (Lipinski definition) is 4.